The van der Waals surface area contributed by atoms with E-state index >= 15 is 0 Å². The maximum absolute atomic E-state index is 12.4. The molecule has 2 heterocycles. The fourth-order valence-corrected chi connectivity index (χ4v) is 2.93. The van der Waals surface area contributed by atoms with Gasteiger partial charge in [0.1, 0.15) is 16.6 Å². The van der Waals surface area contributed by atoms with E-state index in [9.17, 15) is 9.59 Å². The number of aromatic nitrogens is 1. The Morgan fingerprint density at radius 3 is 2.39 bits per heavy atom. The molecule has 23 heavy (non-hydrogen) atoms. The van der Waals surface area contributed by atoms with E-state index in [0.29, 0.717) is 18.0 Å². The van der Waals surface area contributed by atoms with E-state index in [1.54, 1.807) is 0 Å². The van der Waals surface area contributed by atoms with E-state index in [1.807, 2.05) is 26.8 Å². The van der Waals surface area contributed by atoms with Crippen LogP contribution in [0.15, 0.2) is 6.07 Å². The molecule has 0 bridgehead atoms. The highest BCUT2D eigenvalue weighted by atomic mass is 32.1. The predicted molar refractivity (Wildman–Crippen MR) is 90.8 cm³/mol. The molecule has 1 saturated heterocycles. The van der Waals surface area contributed by atoms with Crippen molar-refractivity contribution in [2.45, 2.75) is 65.0 Å². The minimum Gasteiger partial charge on any atom is -0.444 e. The molecule has 2 rings (SSSR count). The van der Waals surface area contributed by atoms with Crippen LogP contribution in [0.25, 0.3) is 0 Å². The summed E-state index contributed by atoms with van der Waals surface area (Å²) in [5.74, 6) is -0.189. The quantitative estimate of drug-likeness (QED) is 0.896. The number of rotatable bonds is 2. The summed E-state index contributed by atoms with van der Waals surface area (Å²) < 4.78 is 9.69. The summed E-state index contributed by atoms with van der Waals surface area (Å²) in [6.07, 6.45) is 0.208. The Hall–Kier alpha value is -1.63. The van der Waals surface area contributed by atoms with Gasteiger partial charge in [0.25, 0.3) is 0 Å². The Balaban J connectivity index is 1.96. The number of nitrogens with one attached hydrogen (secondary N) is 1. The summed E-state index contributed by atoms with van der Waals surface area (Å²) in [6.45, 7) is 12.2. The lowest BCUT2D eigenvalue weighted by Crippen LogP contribution is -2.57. The standard InChI is InChI=1S/C16H25N3O3S/c1-15(2,3)11-9-12(23-18-11)17-13(20)10-7-8-19(10)14(21)22-16(4,5)6/h9-10H,7-8H2,1-6H3,(H,17,20)/t10-/m0/s1. The second kappa shape index (κ2) is 6.11. The number of hydrogen-bond acceptors (Lipinski definition) is 5. The molecule has 1 aliphatic heterocycles. The largest absolute Gasteiger partial charge is 0.444 e. The molecular formula is C16H25N3O3S. The third kappa shape index (κ3) is 4.43. The van der Waals surface area contributed by atoms with Crippen molar-refractivity contribution < 1.29 is 14.3 Å². The summed E-state index contributed by atoms with van der Waals surface area (Å²) in [6, 6.07) is 1.42. The van der Waals surface area contributed by atoms with Crippen LogP contribution < -0.4 is 5.32 Å². The van der Waals surface area contributed by atoms with Gasteiger partial charge >= 0.3 is 6.09 Å². The molecule has 1 N–H and O–H groups in total. The number of anilines is 1. The highest BCUT2D eigenvalue weighted by Crippen LogP contribution is 2.28. The third-order valence-corrected chi connectivity index (χ3v) is 4.18. The minimum absolute atomic E-state index is 0.0570. The summed E-state index contributed by atoms with van der Waals surface area (Å²) in [5.41, 5.74) is 0.321. The summed E-state index contributed by atoms with van der Waals surface area (Å²) in [5, 5.41) is 3.56. The molecule has 0 radical (unpaired) electrons. The molecule has 1 aromatic heterocycles. The minimum atomic E-state index is -0.563. The topological polar surface area (TPSA) is 71.5 Å². The highest BCUT2D eigenvalue weighted by molar-refractivity contribution is 7.10. The van der Waals surface area contributed by atoms with Gasteiger partial charge in [0.2, 0.25) is 5.91 Å². The van der Waals surface area contributed by atoms with Gasteiger partial charge in [0, 0.05) is 12.0 Å². The molecule has 6 nitrogen and oxygen atoms in total. The maximum Gasteiger partial charge on any atom is 0.410 e. The highest BCUT2D eigenvalue weighted by Gasteiger charge is 2.40. The lowest BCUT2D eigenvalue weighted by molar-refractivity contribution is -0.125. The molecule has 0 saturated carbocycles. The van der Waals surface area contributed by atoms with Crippen molar-refractivity contribution >= 4 is 28.5 Å². The third-order valence-electron chi connectivity index (χ3n) is 3.48. The van der Waals surface area contributed by atoms with E-state index in [0.717, 1.165) is 5.69 Å². The van der Waals surface area contributed by atoms with Gasteiger partial charge in [0.05, 0.1) is 5.69 Å². The van der Waals surface area contributed by atoms with Crippen molar-refractivity contribution in [3.8, 4) is 0 Å². The smallest absolute Gasteiger partial charge is 0.410 e. The van der Waals surface area contributed by atoms with Crippen molar-refractivity contribution in [2.75, 3.05) is 11.9 Å². The summed E-state index contributed by atoms with van der Waals surface area (Å²) in [4.78, 5) is 25.9. The number of carbonyl (C=O) groups is 2. The van der Waals surface area contributed by atoms with E-state index < -0.39 is 17.7 Å². The van der Waals surface area contributed by atoms with Gasteiger partial charge in [-0.1, -0.05) is 20.8 Å². The number of likely N-dealkylation sites (tertiary alicyclic amines) is 1. The SMILES string of the molecule is CC(C)(C)OC(=O)N1CC[C@H]1C(=O)Nc1cc(C(C)(C)C)ns1. The number of hydrogen-bond donors (Lipinski definition) is 1. The normalized spacial score (nSPS) is 18.3. The average molecular weight is 339 g/mol. The van der Waals surface area contributed by atoms with Crippen LogP contribution >= 0.6 is 11.5 Å². The molecule has 1 fully saturated rings. The number of amides is 2. The van der Waals surface area contributed by atoms with Crippen molar-refractivity contribution in [1.82, 2.24) is 9.27 Å². The Morgan fingerprint density at radius 2 is 1.96 bits per heavy atom. The van der Waals surface area contributed by atoms with E-state index in [-0.39, 0.29) is 11.3 Å². The fourth-order valence-electron chi connectivity index (χ4n) is 2.09. The van der Waals surface area contributed by atoms with Crippen LogP contribution in [0, 0.1) is 0 Å². The molecule has 0 aliphatic carbocycles. The molecule has 1 aliphatic rings. The molecule has 0 aromatic carbocycles. The van der Waals surface area contributed by atoms with Crippen LogP contribution in [-0.2, 0) is 14.9 Å². The van der Waals surface area contributed by atoms with Crippen molar-refractivity contribution in [1.29, 1.82) is 0 Å². The van der Waals surface area contributed by atoms with Crippen molar-refractivity contribution in [3.63, 3.8) is 0 Å². The number of nitrogens with zero attached hydrogens (tertiary/aromatic N) is 2. The van der Waals surface area contributed by atoms with Gasteiger partial charge in [-0.25, -0.2) is 4.79 Å². The van der Waals surface area contributed by atoms with Crippen LogP contribution in [0.3, 0.4) is 0 Å². The Bertz CT molecular complexity index is 598. The first-order valence-corrected chi connectivity index (χ1v) is 8.52. The Kier molecular flexibility index (Phi) is 4.71. The first kappa shape index (κ1) is 17.7. The second-order valence-electron chi connectivity index (χ2n) is 7.79. The van der Waals surface area contributed by atoms with E-state index in [2.05, 4.69) is 30.5 Å². The zero-order chi connectivity index (χ0) is 17.4. The number of ether oxygens (including phenoxy) is 1. The van der Waals surface area contributed by atoms with Gasteiger partial charge in [0.15, 0.2) is 0 Å². The fraction of sp³-hybridized carbons (Fsp3) is 0.688. The van der Waals surface area contributed by atoms with Crippen LogP contribution in [0.1, 0.15) is 53.7 Å². The van der Waals surface area contributed by atoms with Gasteiger partial charge in [-0.3, -0.25) is 9.69 Å². The second-order valence-corrected chi connectivity index (χ2v) is 8.60. The molecule has 7 heteroatoms. The lowest BCUT2D eigenvalue weighted by atomic mass is 9.92. The predicted octanol–water partition coefficient (Wildman–Crippen LogP) is 3.39. The van der Waals surface area contributed by atoms with E-state index in [1.165, 1.54) is 16.4 Å². The van der Waals surface area contributed by atoms with Crippen LogP contribution in [0.2, 0.25) is 0 Å². The van der Waals surface area contributed by atoms with Crippen molar-refractivity contribution in [3.05, 3.63) is 11.8 Å². The van der Waals surface area contributed by atoms with Gasteiger partial charge in [-0.05, 0) is 44.8 Å². The molecular weight excluding hydrogens is 314 g/mol. The lowest BCUT2D eigenvalue weighted by Gasteiger charge is -2.39. The Labute approximate surface area is 141 Å². The van der Waals surface area contributed by atoms with Gasteiger partial charge < -0.3 is 10.1 Å². The monoisotopic (exact) mass is 339 g/mol. The summed E-state index contributed by atoms with van der Waals surface area (Å²) in [7, 11) is 0. The first-order chi connectivity index (χ1) is 10.5. The Morgan fingerprint density at radius 1 is 1.30 bits per heavy atom. The van der Waals surface area contributed by atoms with Crippen LogP contribution in [0.5, 0.6) is 0 Å². The van der Waals surface area contributed by atoms with Crippen LogP contribution in [0.4, 0.5) is 9.80 Å². The van der Waals surface area contributed by atoms with Gasteiger partial charge in [-0.15, -0.1) is 0 Å². The maximum atomic E-state index is 12.4. The average Bonchev–Trinajstić information content (AvgIpc) is 2.72. The molecule has 0 spiro atoms. The molecule has 128 valence electrons. The molecule has 0 unspecified atom stereocenters. The zero-order valence-corrected chi connectivity index (χ0v) is 15.4. The first-order valence-electron chi connectivity index (χ1n) is 7.75. The van der Waals surface area contributed by atoms with Crippen molar-refractivity contribution in [2.24, 2.45) is 0 Å². The van der Waals surface area contributed by atoms with Gasteiger partial charge in [-0.2, -0.15) is 4.37 Å². The molecule has 1 aromatic rings. The molecule has 2 amide bonds. The summed E-state index contributed by atoms with van der Waals surface area (Å²) >= 11 is 1.26. The molecule has 1 atom stereocenters. The number of carbonyl (C=O) groups excluding carboxylic acids is 2. The van der Waals surface area contributed by atoms with Crippen LogP contribution in [-0.4, -0.2) is 39.5 Å². The zero-order valence-electron chi connectivity index (χ0n) is 14.6. The van der Waals surface area contributed by atoms with E-state index in [4.69, 9.17) is 4.74 Å².